The van der Waals surface area contributed by atoms with Crippen molar-refractivity contribution in [1.29, 1.82) is 0 Å². The van der Waals surface area contributed by atoms with Crippen molar-refractivity contribution in [3.8, 4) is 0 Å². The van der Waals surface area contributed by atoms with Crippen LogP contribution in [-0.4, -0.2) is 42.3 Å². The molecule has 1 aliphatic heterocycles. The molecule has 1 saturated heterocycles. The molecule has 3 rings (SSSR count). The van der Waals surface area contributed by atoms with E-state index >= 15 is 0 Å². The number of nitrogens with zero attached hydrogens (tertiary/aromatic N) is 3. The van der Waals surface area contributed by atoms with Gasteiger partial charge in [0.2, 0.25) is 5.95 Å². The summed E-state index contributed by atoms with van der Waals surface area (Å²) < 4.78 is 18.8. The van der Waals surface area contributed by atoms with Crippen LogP contribution in [0.1, 0.15) is 11.3 Å². The zero-order valence-corrected chi connectivity index (χ0v) is 14.0. The quantitative estimate of drug-likeness (QED) is 0.887. The molecule has 7 nitrogen and oxygen atoms in total. The number of aromatic nitrogens is 2. The molecule has 8 heteroatoms. The Morgan fingerprint density at radius 3 is 2.92 bits per heavy atom. The largest absolute Gasteiger partial charge is 0.378 e. The fourth-order valence-electron chi connectivity index (χ4n) is 2.48. The first-order valence-corrected chi connectivity index (χ1v) is 8.08. The molecule has 2 heterocycles. The number of carbonyl (C=O) groups is 1. The monoisotopic (exact) mass is 345 g/mol. The van der Waals surface area contributed by atoms with Crippen molar-refractivity contribution in [3.05, 3.63) is 47.5 Å². The smallest absolute Gasteiger partial charge is 0.319 e. The molecule has 0 bridgehead atoms. The van der Waals surface area contributed by atoms with Gasteiger partial charge in [-0.1, -0.05) is 6.07 Å². The van der Waals surface area contributed by atoms with Gasteiger partial charge in [0.25, 0.3) is 0 Å². The summed E-state index contributed by atoms with van der Waals surface area (Å²) in [6, 6.07) is 5.89. The lowest BCUT2D eigenvalue weighted by molar-refractivity contribution is 0.122. The normalized spacial score (nSPS) is 14.2. The highest BCUT2D eigenvalue weighted by atomic mass is 19.1. The molecular formula is C17H20FN5O2. The Balaban J connectivity index is 1.57. The number of hydrogen-bond acceptors (Lipinski definition) is 5. The third-order valence-corrected chi connectivity index (χ3v) is 3.94. The molecule has 1 aliphatic rings. The number of nitrogens with one attached hydrogen (secondary N) is 2. The van der Waals surface area contributed by atoms with Crippen LogP contribution in [0.15, 0.2) is 30.5 Å². The first kappa shape index (κ1) is 17.1. The maximum atomic E-state index is 13.5. The standard InChI is InChI=1S/C17H20FN5O2/c1-12-14(18)3-2-4-15(12)22-17(24)20-11-13-5-6-19-16(21-13)23-7-9-25-10-8-23/h2-6H,7-11H2,1H3,(H2,20,22,24). The molecule has 0 radical (unpaired) electrons. The highest BCUT2D eigenvalue weighted by Crippen LogP contribution is 2.17. The Hall–Kier alpha value is -2.74. The number of rotatable bonds is 4. The maximum Gasteiger partial charge on any atom is 0.319 e. The molecular weight excluding hydrogens is 325 g/mol. The lowest BCUT2D eigenvalue weighted by atomic mass is 10.2. The summed E-state index contributed by atoms with van der Waals surface area (Å²) in [7, 11) is 0. The number of carbonyl (C=O) groups excluding carboxylic acids is 1. The molecule has 0 saturated carbocycles. The van der Waals surface area contributed by atoms with Gasteiger partial charge in [0.15, 0.2) is 0 Å². The summed E-state index contributed by atoms with van der Waals surface area (Å²) >= 11 is 0. The molecule has 25 heavy (non-hydrogen) atoms. The van der Waals surface area contributed by atoms with Crippen molar-refractivity contribution in [2.75, 3.05) is 36.5 Å². The molecule has 2 amide bonds. The van der Waals surface area contributed by atoms with Crippen LogP contribution in [-0.2, 0) is 11.3 Å². The zero-order valence-electron chi connectivity index (χ0n) is 14.0. The van der Waals surface area contributed by atoms with Gasteiger partial charge >= 0.3 is 6.03 Å². The summed E-state index contributed by atoms with van der Waals surface area (Å²) in [5.74, 6) is 0.271. The average Bonchev–Trinajstić information content (AvgIpc) is 2.65. The van der Waals surface area contributed by atoms with Gasteiger partial charge in [-0.15, -0.1) is 0 Å². The summed E-state index contributed by atoms with van der Waals surface area (Å²) in [6.07, 6.45) is 1.67. The van der Waals surface area contributed by atoms with Gasteiger partial charge < -0.3 is 20.3 Å². The van der Waals surface area contributed by atoms with Crippen LogP contribution < -0.4 is 15.5 Å². The van der Waals surface area contributed by atoms with E-state index in [1.807, 2.05) is 4.90 Å². The Kier molecular flexibility index (Phi) is 5.39. The molecule has 2 N–H and O–H groups in total. The highest BCUT2D eigenvalue weighted by molar-refractivity contribution is 5.89. The van der Waals surface area contributed by atoms with Gasteiger partial charge in [-0.3, -0.25) is 0 Å². The summed E-state index contributed by atoms with van der Waals surface area (Å²) in [4.78, 5) is 22.8. The fourth-order valence-corrected chi connectivity index (χ4v) is 2.48. The molecule has 0 atom stereocenters. The van der Waals surface area contributed by atoms with Gasteiger partial charge in [0.1, 0.15) is 5.82 Å². The van der Waals surface area contributed by atoms with E-state index in [2.05, 4.69) is 20.6 Å². The van der Waals surface area contributed by atoms with Crippen molar-refractivity contribution in [1.82, 2.24) is 15.3 Å². The van der Waals surface area contributed by atoms with Crippen LogP contribution in [0.5, 0.6) is 0 Å². The minimum atomic E-state index is -0.416. The van der Waals surface area contributed by atoms with E-state index in [9.17, 15) is 9.18 Å². The summed E-state index contributed by atoms with van der Waals surface area (Å²) in [5.41, 5.74) is 1.53. The van der Waals surface area contributed by atoms with Crippen LogP contribution in [0.3, 0.4) is 0 Å². The molecule has 132 valence electrons. The van der Waals surface area contributed by atoms with Crippen LogP contribution >= 0.6 is 0 Å². The van der Waals surface area contributed by atoms with E-state index in [1.165, 1.54) is 6.07 Å². The molecule has 2 aromatic rings. The molecule has 1 fully saturated rings. The number of urea groups is 1. The number of hydrogen-bond donors (Lipinski definition) is 2. The average molecular weight is 345 g/mol. The van der Waals surface area contributed by atoms with Crippen LogP contribution in [0.25, 0.3) is 0 Å². The Labute approximate surface area is 145 Å². The van der Waals surface area contributed by atoms with Crippen molar-refractivity contribution in [3.63, 3.8) is 0 Å². The van der Waals surface area contributed by atoms with Crippen LogP contribution in [0.2, 0.25) is 0 Å². The van der Waals surface area contributed by atoms with Crippen LogP contribution in [0, 0.1) is 12.7 Å². The number of ether oxygens (including phenoxy) is 1. The lowest BCUT2D eigenvalue weighted by Crippen LogP contribution is -2.37. The summed E-state index contributed by atoms with van der Waals surface area (Å²) in [5, 5.41) is 5.36. The highest BCUT2D eigenvalue weighted by Gasteiger charge is 2.14. The van der Waals surface area contributed by atoms with Crippen LogP contribution in [0.4, 0.5) is 20.8 Å². The van der Waals surface area contributed by atoms with Crippen molar-refractivity contribution in [2.45, 2.75) is 13.5 Å². The predicted molar refractivity (Wildman–Crippen MR) is 92.1 cm³/mol. The SMILES string of the molecule is Cc1c(F)cccc1NC(=O)NCc1ccnc(N2CCOCC2)n1. The zero-order chi connectivity index (χ0) is 17.6. The van der Waals surface area contributed by atoms with E-state index in [0.717, 1.165) is 13.1 Å². The number of anilines is 2. The Morgan fingerprint density at radius 2 is 2.12 bits per heavy atom. The summed E-state index contributed by atoms with van der Waals surface area (Å²) in [6.45, 7) is 4.67. The van der Waals surface area contributed by atoms with E-state index in [1.54, 1.807) is 31.3 Å². The third-order valence-electron chi connectivity index (χ3n) is 3.94. The van der Waals surface area contributed by atoms with Crippen molar-refractivity contribution < 1.29 is 13.9 Å². The second-order valence-electron chi connectivity index (χ2n) is 5.67. The molecule has 1 aromatic carbocycles. The van der Waals surface area contributed by atoms with Gasteiger partial charge in [0.05, 0.1) is 25.5 Å². The van der Waals surface area contributed by atoms with Gasteiger partial charge in [0, 0.05) is 30.5 Å². The Morgan fingerprint density at radius 1 is 1.32 bits per heavy atom. The molecule has 0 unspecified atom stereocenters. The second-order valence-corrected chi connectivity index (χ2v) is 5.67. The third kappa shape index (κ3) is 4.42. The molecule has 0 spiro atoms. The van der Waals surface area contributed by atoms with Gasteiger partial charge in [-0.25, -0.2) is 19.2 Å². The van der Waals surface area contributed by atoms with E-state index < -0.39 is 6.03 Å². The molecule has 1 aromatic heterocycles. The van der Waals surface area contributed by atoms with Crippen molar-refractivity contribution in [2.24, 2.45) is 0 Å². The lowest BCUT2D eigenvalue weighted by Gasteiger charge is -2.26. The fraction of sp³-hybridized carbons (Fsp3) is 0.353. The number of amides is 2. The topological polar surface area (TPSA) is 79.4 Å². The number of morpholine rings is 1. The van der Waals surface area contributed by atoms with E-state index in [4.69, 9.17) is 4.74 Å². The first-order valence-electron chi connectivity index (χ1n) is 8.08. The van der Waals surface area contributed by atoms with Gasteiger partial charge in [-0.2, -0.15) is 0 Å². The van der Waals surface area contributed by atoms with Crippen molar-refractivity contribution >= 4 is 17.7 Å². The molecule has 0 aliphatic carbocycles. The van der Waals surface area contributed by atoms with Gasteiger partial charge in [-0.05, 0) is 25.1 Å². The maximum absolute atomic E-state index is 13.5. The van der Waals surface area contributed by atoms with E-state index in [-0.39, 0.29) is 12.4 Å². The minimum absolute atomic E-state index is 0.250. The number of benzene rings is 1. The minimum Gasteiger partial charge on any atom is -0.378 e. The van der Waals surface area contributed by atoms with E-state index in [0.29, 0.717) is 36.1 Å². The number of halogens is 1. The Bertz CT molecular complexity index is 750. The first-order chi connectivity index (χ1) is 12.1. The predicted octanol–water partition coefficient (Wildman–Crippen LogP) is 2.08. The second kappa shape index (κ2) is 7.89.